The Labute approximate surface area is 122 Å². The Hall–Kier alpha value is 0.110. The Balaban J connectivity index is 2.05. The van der Waals surface area contributed by atoms with Crippen molar-refractivity contribution in [3.8, 4) is 0 Å². The van der Waals surface area contributed by atoms with E-state index in [1.165, 1.54) is 11.8 Å². The van der Waals surface area contributed by atoms with Gasteiger partial charge in [0.1, 0.15) is 29.9 Å². The van der Waals surface area contributed by atoms with Gasteiger partial charge < -0.3 is 30.3 Å². The van der Waals surface area contributed by atoms with E-state index in [9.17, 15) is 20.4 Å². The summed E-state index contributed by atoms with van der Waals surface area (Å²) in [5.74, 6) is 0. The molecule has 7 heteroatoms. The highest BCUT2D eigenvalue weighted by atomic mass is 32.2. The van der Waals surface area contributed by atoms with Gasteiger partial charge in [-0.05, 0) is 18.3 Å². The Morgan fingerprint density at radius 1 is 1.10 bits per heavy atom. The van der Waals surface area contributed by atoms with Crippen LogP contribution >= 0.6 is 11.8 Å². The molecule has 6 nitrogen and oxygen atoms in total. The van der Waals surface area contributed by atoms with E-state index in [4.69, 9.17) is 9.84 Å². The van der Waals surface area contributed by atoms with Crippen LogP contribution in [0.4, 0.5) is 0 Å². The lowest BCUT2D eigenvalue weighted by molar-refractivity contribution is -0.205. The lowest BCUT2D eigenvalue weighted by Crippen LogP contribution is -2.58. The van der Waals surface area contributed by atoms with Gasteiger partial charge in [0, 0.05) is 5.25 Å². The van der Waals surface area contributed by atoms with Crippen molar-refractivity contribution >= 4 is 11.8 Å². The first-order valence-electron chi connectivity index (χ1n) is 6.90. The van der Waals surface area contributed by atoms with Crippen molar-refractivity contribution in [3.05, 3.63) is 0 Å². The molecule has 0 bridgehead atoms. The predicted molar refractivity (Wildman–Crippen MR) is 74.2 cm³/mol. The summed E-state index contributed by atoms with van der Waals surface area (Å²) < 4.78 is 5.49. The van der Waals surface area contributed by atoms with E-state index < -0.39 is 36.5 Å². The number of rotatable bonds is 3. The Kier molecular flexibility index (Phi) is 5.01. The molecule has 2 unspecified atom stereocenters. The summed E-state index contributed by atoms with van der Waals surface area (Å²) in [5.41, 5.74) is -0.816. The Bertz CT molecular complexity index is 337. The Morgan fingerprint density at radius 2 is 1.75 bits per heavy atom. The van der Waals surface area contributed by atoms with E-state index in [0.29, 0.717) is 12.8 Å². The fourth-order valence-electron chi connectivity index (χ4n) is 2.97. The zero-order valence-electron chi connectivity index (χ0n) is 11.7. The van der Waals surface area contributed by atoms with Gasteiger partial charge in [-0.25, -0.2) is 0 Å². The normalized spacial score (nSPS) is 48.5. The summed E-state index contributed by atoms with van der Waals surface area (Å²) >= 11 is 1.36. The van der Waals surface area contributed by atoms with Crippen LogP contribution in [0, 0.1) is 5.41 Å². The number of aliphatic hydroxyl groups excluding tert-OH is 5. The molecule has 1 aliphatic heterocycles. The number of hydrogen-bond acceptors (Lipinski definition) is 7. The number of ether oxygens (including phenoxy) is 1. The van der Waals surface area contributed by atoms with Crippen LogP contribution in [0.5, 0.6) is 0 Å². The molecule has 0 amide bonds. The van der Waals surface area contributed by atoms with Crippen LogP contribution in [0.1, 0.15) is 26.7 Å². The zero-order chi connectivity index (χ0) is 15.1. The second kappa shape index (κ2) is 6.08. The monoisotopic (exact) mass is 308 g/mol. The first-order valence-corrected chi connectivity index (χ1v) is 7.84. The molecule has 20 heavy (non-hydrogen) atoms. The standard InChI is InChI=1S/C13H24O6S/c1-13(2)4-6(15)3-8(13)20-12-11(18)10(17)9(16)7(5-14)19-12/h6-12,14-18H,3-5H2,1-2H3/t6?,7-,8?,9+,10+,11-,12+/m1/s1. The van der Waals surface area contributed by atoms with Crippen molar-refractivity contribution in [1.82, 2.24) is 0 Å². The van der Waals surface area contributed by atoms with Crippen LogP contribution in [0.2, 0.25) is 0 Å². The van der Waals surface area contributed by atoms with Gasteiger partial charge in [-0.2, -0.15) is 0 Å². The molecule has 0 spiro atoms. The molecule has 1 aliphatic carbocycles. The van der Waals surface area contributed by atoms with Gasteiger partial charge in [0.15, 0.2) is 0 Å². The average Bonchev–Trinajstić information content (AvgIpc) is 2.62. The molecular weight excluding hydrogens is 284 g/mol. The van der Waals surface area contributed by atoms with E-state index in [1.54, 1.807) is 0 Å². The van der Waals surface area contributed by atoms with Crippen molar-refractivity contribution in [2.24, 2.45) is 5.41 Å². The maximum Gasteiger partial charge on any atom is 0.132 e. The van der Waals surface area contributed by atoms with Crippen LogP contribution < -0.4 is 0 Å². The highest BCUT2D eigenvalue weighted by Crippen LogP contribution is 2.47. The molecule has 1 saturated heterocycles. The van der Waals surface area contributed by atoms with E-state index in [2.05, 4.69) is 0 Å². The first-order chi connectivity index (χ1) is 9.26. The third-order valence-electron chi connectivity index (χ3n) is 4.27. The molecule has 0 aromatic heterocycles. The molecule has 0 radical (unpaired) electrons. The second-order valence-electron chi connectivity index (χ2n) is 6.40. The van der Waals surface area contributed by atoms with E-state index >= 15 is 0 Å². The minimum atomic E-state index is -1.34. The first kappa shape index (κ1) is 16.5. The third kappa shape index (κ3) is 3.14. The SMILES string of the molecule is CC1(C)CC(O)CC1S[C@@H]1O[C@H](CO)[C@H](O)[C@H](O)[C@H]1O. The van der Waals surface area contributed by atoms with E-state index in [-0.39, 0.29) is 16.8 Å². The summed E-state index contributed by atoms with van der Waals surface area (Å²) in [6.07, 6.45) is -3.84. The molecule has 7 atom stereocenters. The van der Waals surface area contributed by atoms with Crippen LogP contribution in [0.25, 0.3) is 0 Å². The quantitative estimate of drug-likeness (QED) is 0.458. The van der Waals surface area contributed by atoms with Crippen LogP contribution in [-0.4, -0.2) is 73.3 Å². The predicted octanol–water partition coefficient (Wildman–Crippen LogP) is -0.931. The lowest BCUT2D eigenvalue weighted by atomic mass is 9.91. The summed E-state index contributed by atoms with van der Waals surface area (Å²) in [5, 5.41) is 48.5. The minimum Gasteiger partial charge on any atom is -0.394 e. The topological polar surface area (TPSA) is 110 Å². The summed E-state index contributed by atoms with van der Waals surface area (Å²) in [4.78, 5) is 0. The van der Waals surface area contributed by atoms with Crippen molar-refractivity contribution in [1.29, 1.82) is 0 Å². The minimum absolute atomic E-state index is 0.0823. The molecule has 118 valence electrons. The van der Waals surface area contributed by atoms with Gasteiger partial charge >= 0.3 is 0 Å². The molecule has 5 N–H and O–H groups in total. The molecule has 0 aromatic carbocycles. The molecule has 1 saturated carbocycles. The highest BCUT2D eigenvalue weighted by Gasteiger charge is 2.48. The maximum atomic E-state index is 10.0. The van der Waals surface area contributed by atoms with Crippen molar-refractivity contribution in [2.45, 2.75) is 67.9 Å². The zero-order valence-corrected chi connectivity index (χ0v) is 12.5. The molecular formula is C13H24O6S. The number of thioether (sulfide) groups is 1. The summed E-state index contributed by atoms with van der Waals surface area (Å²) in [6, 6.07) is 0. The van der Waals surface area contributed by atoms with Crippen molar-refractivity contribution in [3.63, 3.8) is 0 Å². The van der Waals surface area contributed by atoms with Gasteiger partial charge in [0.2, 0.25) is 0 Å². The maximum absolute atomic E-state index is 10.0. The highest BCUT2D eigenvalue weighted by molar-refractivity contribution is 8.00. The van der Waals surface area contributed by atoms with Crippen LogP contribution in [0.3, 0.4) is 0 Å². The van der Waals surface area contributed by atoms with E-state index in [0.717, 1.165) is 0 Å². The lowest BCUT2D eigenvalue weighted by Gasteiger charge is -2.41. The molecule has 1 heterocycles. The number of aliphatic hydroxyl groups is 5. The van der Waals surface area contributed by atoms with Crippen molar-refractivity contribution < 1.29 is 30.3 Å². The summed E-state index contributed by atoms with van der Waals surface area (Å²) in [6.45, 7) is 3.68. The average molecular weight is 308 g/mol. The smallest absolute Gasteiger partial charge is 0.132 e. The van der Waals surface area contributed by atoms with Crippen LogP contribution in [0.15, 0.2) is 0 Å². The third-order valence-corrected chi connectivity index (χ3v) is 6.08. The largest absolute Gasteiger partial charge is 0.394 e. The second-order valence-corrected chi connectivity index (χ2v) is 7.71. The van der Waals surface area contributed by atoms with Gasteiger partial charge in [-0.3, -0.25) is 0 Å². The summed E-state index contributed by atoms with van der Waals surface area (Å²) in [7, 11) is 0. The van der Waals surface area contributed by atoms with Gasteiger partial charge in [-0.1, -0.05) is 13.8 Å². The van der Waals surface area contributed by atoms with Crippen LogP contribution in [-0.2, 0) is 4.74 Å². The molecule has 0 aromatic rings. The van der Waals surface area contributed by atoms with Crippen molar-refractivity contribution in [2.75, 3.05) is 6.61 Å². The molecule has 2 rings (SSSR count). The Morgan fingerprint density at radius 3 is 2.25 bits per heavy atom. The van der Waals surface area contributed by atoms with Gasteiger partial charge in [0.05, 0.1) is 12.7 Å². The fourth-order valence-corrected chi connectivity index (χ4v) is 4.62. The molecule has 2 fully saturated rings. The van der Waals surface area contributed by atoms with E-state index in [1.807, 2.05) is 13.8 Å². The van der Waals surface area contributed by atoms with Gasteiger partial charge in [0.25, 0.3) is 0 Å². The number of hydrogen-bond donors (Lipinski definition) is 5. The molecule has 2 aliphatic rings. The van der Waals surface area contributed by atoms with Gasteiger partial charge in [-0.15, -0.1) is 11.8 Å². The fraction of sp³-hybridized carbons (Fsp3) is 1.00.